The van der Waals surface area contributed by atoms with Crippen molar-refractivity contribution in [2.24, 2.45) is 0 Å². The summed E-state index contributed by atoms with van der Waals surface area (Å²) in [6, 6.07) is 10.0. The number of aromatic nitrogens is 2. The predicted octanol–water partition coefficient (Wildman–Crippen LogP) is 4.19. The van der Waals surface area contributed by atoms with Crippen molar-refractivity contribution in [2.45, 2.75) is 13.3 Å². The molecule has 0 saturated carbocycles. The van der Waals surface area contributed by atoms with Crippen LogP contribution in [0, 0.1) is 6.92 Å². The van der Waals surface area contributed by atoms with Crippen LogP contribution < -0.4 is 4.74 Å². The Morgan fingerprint density at radius 3 is 2.81 bits per heavy atom. The highest BCUT2D eigenvalue weighted by Gasteiger charge is 2.09. The Hall–Kier alpha value is -2.13. The molecule has 0 N–H and O–H groups in total. The van der Waals surface area contributed by atoms with Crippen LogP contribution in [0.1, 0.15) is 16.7 Å². The third kappa shape index (κ3) is 2.83. The maximum atomic E-state index is 6.19. The van der Waals surface area contributed by atoms with Crippen molar-refractivity contribution in [3.63, 3.8) is 0 Å². The minimum absolute atomic E-state index is 0.644. The molecular weight excluding hydrogens is 284 g/mol. The first-order valence-electron chi connectivity index (χ1n) is 6.70. The van der Waals surface area contributed by atoms with Crippen molar-refractivity contribution in [3.8, 4) is 5.88 Å². The average molecular weight is 299 g/mol. The first-order valence-corrected chi connectivity index (χ1v) is 7.08. The second-order valence-electron chi connectivity index (χ2n) is 4.99. The highest BCUT2D eigenvalue weighted by atomic mass is 35.5. The highest BCUT2D eigenvalue weighted by molar-refractivity contribution is 6.31. The summed E-state index contributed by atoms with van der Waals surface area (Å²) in [5, 5.41) is 1.79. The van der Waals surface area contributed by atoms with Gasteiger partial charge >= 0.3 is 0 Å². The molecule has 0 fully saturated rings. The zero-order valence-corrected chi connectivity index (χ0v) is 12.7. The molecule has 0 amide bonds. The van der Waals surface area contributed by atoms with Gasteiger partial charge in [0.05, 0.1) is 12.6 Å². The third-order valence-corrected chi connectivity index (χ3v) is 3.89. The van der Waals surface area contributed by atoms with Gasteiger partial charge in [0.1, 0.15) is 0 Å². The fraction of sp³-hybridized carbons (Fsp3) is 0.176. The molecule has 0 unspecified atom stereocenters. The molecule has 1 aromatic carbocycles. The normalized spacial score (nSPS) is 10.8. The van der Waals surface area contributed by atoms with E-state index in [9.17, 15) is 0 Å². The number of methoxy groups -OCH3 is 1. The van der Waals surface area contributed by atoms with E-state index in [-0.39, 0.29) is 0 Å². The van der Waals surface area contributed by atoms with Crippen molar-refractivity contribution in [2.75, 3.05) is 7.11 Å². The summed E-state index contributed by atoms with van der Waals surface area (Å²) in [6.45, 7) is 2.00. The first kappa shape index (κ1) is 13.8. The van der Waals surface area contributed by atoms with E-state index in [0.29, 0.717) is 5.88 Å². The fourth-order valence-electron chi connectivity index (χ4n) is 2.31. The van der Waals surface area contributed by atoms with Gasteiger partial charge in [0.25, 0.3) is 0 Å². The second-order valence-corrected chi connectivity index (χ2v) is 5.39. The molecule has 2 aromatic heterocycles. The number of hydrogen-bond acceptors (Lipinski definition) is 3. The smallest absolute Gasteiger partial charge is 0.217 e. The van der Waals surface area contributed by atoms with Gasteiger partial charge < -0.3 is 4.74 Å². The number of benzene rings is 1. The molecule has 2 heterocycles. The molecule has 0 aliphatic rings. The lowest BCUT2D eigenvalue weighted by molar-refractivity contribution is 0.395. The van der Waals surface area contributed by atoms with Crippen LogP contribution in [0.4, 0.5) is 0 Å². The van der Waals surface area contributed by atoms with E-state index in [2.05, 4.69) is 22.1 Å². The SMILES string of the molecule is COc1nc2ccncc2cc1Cc1ccc(C)c(Cl)c1. The first-order chi connectivity index (χ1) is 10.2. The van der Waals surface area contributed by atoms with Crippen LogP contribution in [0.3, 0.4) is 0 Å². The van der Waals surface area contributed by atoms with Gasteiger partial charge in [-0.15, -0.1) is 0 Å². The van der Waals surface area contributed by atoms with E-state index in [1.54, 1.807) is 13.3 Å². The van der Waals surface area contributed by atoms with Gasteiger partial charge in [0, 0.05) is 34.8 Å². The number of nitrogens with zero attached hydrogens (tertiary/aromatic N) is 2. The summed E-state index contributed by atoms with van der Waals surface area (Å²) in [7, 11) is 1.64. The molecule has 0 atom stereocenters. The summed E-state index contributed by atoms with van der Waals surface area (Å²) in [6.07, 6.45) is 4.27. The Balaban J connectivity index is 2.04. The van der Waals surface area contributed by atoms with Crippen molar-refractivity contribution in [1.82, 2.24) is 9.97 Å². The molecular formula is C17H15ClN2O. The summed E-state index contributed by atoms with van der Waals surface area (Å²) in [5.41, 5.74) is 4.12. The lowest BCUT2D eigenvalue weighted by Crippen LogP contribution is -1.98. The molecule has 106 valence electrons. The van der Waals surface area contributed by atoms with E-state index < -0.39 is 0 Å². The quantitative estimate of drug-likeness (QED) is 0.727. The average Bonchev–Trinajstić information content (AvgIpc) is 2.50. The minimum Gasteiger partial charge on any atom is -0.481 e. The maximum Gasteiger partial charge on any atom is 0.217 e. The Kier molecular flexibility index (Phi) is 3.76. The van der Waals surface area contributed by atoms with Crippen LogP contribution in [-0.2, 0) is 6.42 Å². The lowest BCUT2D eigenvalue weighted by atomic mass is 10.0. The summed E-state index contributed by atoms with van der Waals surface area (Å²) in [5.74, 6) is 0.644. The predicted molar refractivity (Wildman–Crippen MR) is 85.1 cm³/mol. The molecule has 3 nitrogen and oxygen atoms in total. The van der Waals surface area contributed by atoms with Gasteiger partial charge in [0.2, 0.25) is 5.88 Å². The van der Waals surface area contributed by atoms with Crippen LogP contribution in [0.5, 0.6) is 5.88 Å². The molecule has 21 heavy (non-hydrogen) atoms. The van der Waals surface area contributed by atoms with E-state index in [4.69, 9.17) is 16.3 Å². The molecule has 0 bridgehead atoms. The van der Waals surface area contributed by atoms with Crippen LogP contribution >= 0.6 is 11.6 Å². The van der Waals surface area contributed by atoms with Crippen LogP contribution in [0.25, 0.3) is 10.9 Å². The number of aryl methyl sites for hydroxylation is 1. The number of fused-ring (bicyclic) bond motifs is 1. The monoisotopic (exact) mass is 298 g/mol. The molecule has 0 spiro atoms. The molecule has 3 rings (SSSR count). The van der Waals surface area contributed by atoms with Crippen LogP contribution in [-0.4, -0.2) is 17.1 Å². The standard InChI is InChI=1S/C17H15ClN2O/c1-11-3-4-12(8-15(11)18)7-13-9-14-10-19-6-5-16(14)20-17(13)21-2/h3-6,8-10H,7H2,1-2H3. The topological polar surface area (TPSA) is 35.0 Å². The molecule has 0 aliphatic carbocycles. The van der Waals surface area contributed by atoms with Crippen LogP contribution in [0.2, 0.25) is 5.02 Å². The number of rotatable bonds is 3. The van der Waals surface area contributed by atoms with Gasteiger partial charge in [-0.3, -0.25) is 4.98 Å². The van der Waals surface area contributed by atoms with E-state index >= 15 is 0 Å². The highest BCUT2D eigenvalue weighted by Crippen LogP contribution is 2.25. The van der Waals surface area contributed by atoms with Gasteiger partial charge in [0.15, 0.2) is 0 Å². The van der Waals surface area contributed by atoms with Crippen molar-refractivity contribution >= 4 is 22.5 Å². The van der Waals surface area contributed by atoms with Gasteiger partial charge in [-0.25, -0.2) is 4.98 Å². The number of ether oxygens (including phenoxy) is 1. The van der Waals surface area contributed by atoms with Crippen LogP contribution in [0.15, 0.2) is 42.7 Å². The summed E-state index contributed by atoms with van der Waals surface area (Å²) < 4.78 is 5.42. The van der Waals surface area contributed by atoms with Gasteiger partial charge in [-0.05, 0) is 36.2 Å². The van der Waals surface area contributed by atoms with Crippen molar-refractivity contribution in [1.29, 1.82) is 0 Å². The Morgan fingerprint density at radius 1 is 1.19 bits per heavy atom. The van der Waals surface area contributed by atoms with Crippen molar-refractivity contribution in [3.05, 3.63) is 64.4 Å². The Bertz CT molecular complexity index is 802. The zero-order chi connectivity index (χ0) is 14.8. The van der Waals surface area contributed by atoms with Gasteiger partial charge in [-0.1, -0.05) is 23.7 Å². The molecule has 4 heteroatoms. The Morgan fingerprint density at radius 2 is 2.05 bits per heavy atom. The maximum absolute atomic E-state index is 6.19. The summed E-state index contributed by atoms with van der Waals surface area (Å²) in [4.78, 5) is 8.67. The zero-order valence-electron chi connectivity index (χ0n) is 11.9. The van der Waals surface area contributed by atoms with E-state index in [1.807, 2.05) is 31.3 Å². The summed E-state index contributed by atoms with van der Waals surface area (Å²) >= 11 is 6.19. The lowest BCUT2D eigenvalue weighted by Gasteiger charge is -2.10. The fourth-order valence-corrected chi connectivity index (χ4v) is 2.52. The molecule has 0 saturated heterocycles. The van der Waals surface area contributed by atoms with E-state index in [0.717, 1.165) is 39.0 Å². The van der Waals surface area contributed by atoms with Gasteiger partial charge in [-0.2, -0.15) is 0 Å². The number of pyridine rings is 2. The molecule has 0 radical (unpaired) electrons. The second kappa shape index (κ2) is 5.70. The number of halogens is 1. The largest absolute Gasteiger partial charge is 0.481 e. The third-order valence-electron chi connectivity index (χ3n) is 3.48. The van der Waals surface area contributed by atoms with E-state index in [1.165, 1.54) is 0 Å². The molecule has 3 aromatic rings. The Labute approximate surface area is 128 Å². The minimum atomic E-state index is 0.644. The number of hydrogen-bond donors (Lipinski definition) is 0. The van der Waals surface area contributed by atoms with Crippen molar-refractivity contribution < 1.29 is 4.74 Å². The molecule has 0 aliphatic heterocycles.